The van der Waals surface area contributed by atoms with Gasteiger partial charge in [0.1, 0.15) is 5.75 Å². The van der Waals surface area contributed by atoms with E-state index in [0.29, 0.717) is 5.02 Å². The minimum atomic E-state index is 0.703. The van der Waals surface area contributed by atoms with Crippen LogP contribution in [0.5, 0.6) is 5.75 Å². The Bertz CT molecular complexity index is 199. The maximum atomic E-state index is 5.64. The van der Waals surface area contributed by atoms with E-state index in [9.17, 15) is 0 Å². The van der Waals surface area contributed by atoms with Crippen LogP contribution in [0.25, 0.3) is 0 Å². The van der Waals surface area contributed by atoms with Crippen LogP contribution >= 0.6 is 11.6 Å². The third-order valence-corrected chi connectivity index (χ3v) is 1.27. The molecule has 0 saturated carbocycles. The Morgan fingerprint density at radius 3 is 1.92 bits per heavy atom. The van der Waals surface area contributed by atoms with Crippen LogP contribution in [0.4, 0.5) is 0 Å². The van der Waals surface area contributed by atoms with Crippen LogP contribution in [0.3, 0.4) is 0 Å². The zero-order valence-electron chi connectivity index (χ0n) is 9.10. The van der Waals surface area contributed by atoms with Crippen molar-refractivity contribution in [2.45, 2.75) is 27.7 Å². The van der Waals surface area contributed by atoms with Gasteiger partial charge in [0.2, 0.25) is 0 Å². The zero-order valence-corrected chi connectivity index (χ0v) is 9.85. The van der Waals surface area contributed by atoms with Crippen LogP contribution in [0.15, 0.2) is 24.3 Å². The highest BCUT2D eigenvalue weighted by molar-refractivity contribution is 6.30. The molecule has 0 radical (unpaired) electrons. The summed E-state index contributed by atoms with van der Waals surface area (Å²) in [5, 5.41) is 0.703. The number of rotatable bonds is 1. The molecule has 0 saturated heterocycles. The van der Waals surface area contributed by atoms with Gasteiger partial charge in [0.25, 0.3) is 0 Å². The lowest BCUT2D eigenvalue weighted by molar-refractivity contribution is 0.415. The molecule has 0 aliphatic heterocycles. The van der Waals surface area contributed by atoms with Crippen LogP contribution in [0.1, 0.15) is 27.7 Å². The summed E-state index contributed by atoms with van der Waals surface area (Å²) in [6, 6.07) is 7.28. The number of halogens is 1. The Morgan fingerprint density at radius 1 is 1.08 bits per heavy atom. The average Bonchev–Trinajstić information content (AvgIpc) is 2.24. The van der Waals surface area contributed by atoms with E-state index in [2.05, 4.69) is 0 Å². The lowest BCUT2D eigenvalue weighted by Crippen LogP contribution is -1.79. The Labute approximate surface area is 86.7 Å². The first-order valence-corrected chi connectivity index (χ1v) is 5.00. The molecule has 0 aliphatic carbocycles. The van der Waals surface area contributed by atoms with Gasteiger partial charge >= 0.3 is 0 Å². The largest absolute Gasteiger partial charge is 0.497 e. The molecule has 2 heteroatoms. The first kappa shape index (κ1) is 14.8. The molecule has 13 heavy (non-hydrogen) atoms. The van der Waals surface area contributed by atoms with Gasteiger partial charge in [0.05, 0.1) is 7.11 Å². The van der Waals surface area contributed by atoms with Gasteiger partial charge in [-0.05, 0) is 18.2 Å². The number of ether oxygens (including phenoxy) is 1. The number of methoxy groups -OCH3 is 1. The van der Waals surface area contributed by atoms with Gasteiger partial charge in [-0.2, -0.15) is 0 Å². The lowest BCUT2D eigenvalue weighted by atomic mass is 10.3. The Kier molecular flexibility index (Phi) is 12.9. The third-order valence-electron chi connectivity index (χ3n) is 1.03. The predicted molar refractivity (Wildman–Crippen MR) is 60.7 cm³/mol. The molecule has 1 aromatic carbocycles. The lowest BCUT2D eigenvalue weighted by Gasteiger charge is -1.96. The van der Waals surface area contributed by atoms with Crippen molar-refractivity contribution >= 4 is 11.6 Å². The second-order valence-electron chi connectivity index (χ2n) is 1.66. The summed E-state index contributed by atoms with van der Waals surface area (Å²) in [5.74, 6) is 0.794. The maximum Gasteiger partial charge on any atom is 0.120 e. The topological polar surface area (TPSA) is 9.23 Å². The number of benzene rings is 1. The van der Waals surface area contributed by atoms with Crippen molar-refractivity contribution in [1.82, 2.24) is 0 Å². The molecule has 0 aromatic heterocycles. The van der Waals surface area contributed by atoms with Gasteiger partial charge in [0.15, 0.2) is 0 Å². The first-order chi connectivity index (χ1) is 6.33. The number of hydrogen-bond donors (Lipinski definition) is 0. The number of hydrogen-bond acceptors (Lipinski definition) is 1. The fourth-order valence-corrected chi connectivity index (χ4v) is 0.774. The van der Waals surface area contributed by atoms with Gasteiger partial charge in [-0.3, -0.25) is 0 Å². The zero-order chi connectivity index (χ0) is 10.7. The fourth-order valence-electron chi connectivity index (χ4n) is 0.594. The van der Waals surface area contributed by atoms with Gasteiger partial charge in [-0.15, -0.1) is 0 Å². The van der Waals surface area contributed by atoms with Crippen molar-refractivity contribution in [2.75, 3.05) is 7.11 Å². The molecule has 1 nitrogen and oxygen atoms in total. The molecule has 0 amide bonds. The van der Waals surface area contributed by atoms with E-state index in [1.54, 1.807) is 13.2 Å². The molecule has 1 rings (SSSR count). The predicted octanol–water partition coefficient (Wildman–Crippen LogP) is 4.40. The quantitative estimate of drug-likeness (QED) is 0.656. The first-order valence-electron chi connectivity index (χ1n) is 4.62. The minimum Gasteiger partial charge on any atom is -0.497 e. The summed E-state index contributed by atoms with van der Waals surface area (Å²) in [7, 11) is 1.62. The Hall–Kier alpha value is -0.690. The summed E-state index contributed by atoms with van der Waals surface area (Å²) in [6.07, 6.45) is 0. The van der Waals surface area contributed by atoms with Crippen molar-refractivity contribution in [3.05, 3.63) is 29.3 Å². The molecule has 0 fully saturated rings. The standard InChI is InChI=1S/C7H7ClO.2C2H6/c1-9-7-4-2-3-6(8)5-7;2*1-2/h2-5H,1H3;2*1-2H3. The molecular weight excluding hydrogens is 184 g/mol. The minimum absolute atomic E-state index is 0.703. The van der Waals surface area contributed by atoms with E-state index in [1.807, 2.05) is 45.9 Å². The molecule has 0 aliphatic rings. The summed E-state index contributed by atoms with van der Waals surface area (Å²) < 4.78 is 4.91. The maximum absolute atomic E-state index is 5.64. The molecule has 0 unspecified atom stereocenters. The second kappa shape index (κ2) is 11.3. The molecule has 0 bridgehead atoms. The molecule has 1 aromatic rings. The summed E-state index contributed by atoms with van der Waals surface area (Å²) in [5.41, 5.74) is 0. The molecule has 0 atom stereocenters. The SMILES string of the molecule is CC.CC.COc1cccc(Cl)c1. The molecule has 0 heterocycles. The van der Waals surface area contributed by atoms with Gasteiger partial charge in [0, 0.05) is 5.02 Å². The monoisotopic (exact) mass is 202 g/mol. The van der Waals surface area contributed by atoms with E-state index in [-0.39, 0.29) is 0 Å². The van der Waals surface area contributed by atoms with Gasteiger partial charge in [-0.1, -0.05) is 45.4 Å². The summed E-state index contributed by atoms with van der Waals surface area (Å²) in [4.78, 5) is 0. The van der Waals surface area contributed by atoms with Gasteiger partial charge < -0.3 is 4.74 Å². The van der Waals surface area contributed by atoms with Crippen molar-refractivity contribution in [3.63, 3.8) is 0 Å². The smallest absolute Gasteiger partial charge is 0.120 e. The highest BCUT2D eigenvalue weighted by atomic mass is 35.5. The normalized spacial score (nSPS) is 7.23. The molecule has 0 N–H and O–H groups in total. The highest BCUT2D eigenvalue weighted by Crippen LogP contribution is 2.15. The Balaban J connectivity index is 0. The van der Waals surface area contributed by atoms with Crippen molar-refractivity contribution in [3.8, 4) is 5.75 Å². The molecular formula is C11H19ClO. The van der Waals surface area contributed by atoms with E-state index in [1.165, 1.54) is 0 Å². The van der Waals surface area contributed by atoms with Gasteiger partial charge in [-0.25, -0.2) is 0 Å². The molecule has 0 spiro atoms. The Morgan fingerprint density at radius 2 is 1.62 bits per heavy atom. The van der Waals surface area contributed by atoms with Crippen LogP contribution in [-0.4, -0.2) is 7.11 Å². The third kappa shape index (κ3) is 7.66. The van der Waals surface area contributed by atoms with Crippen molar-refractivity contribution in [2.24, 2.45) is 0 Å². The van der Waals surface area contributed by atoms with E-state index >= 15 is 0 Å². The van der Waals surface area contributed by atoms with E-state index < -0.39 is 0 Å². The van der Waals surface area contributed by atoms with Crippen molar-refractivity contribution < 1.29 is 4.74 Å². The van der Waals surface area contributed by atoms with Crippen LogP contribution in [0.2, 0.25) is 5.02 Å². The summed E-state index contributed by atoms with van der Waals surface area (Å²) >= 11 is 5.64. The summed E-state index contributed by atoms with van der Waals surface area (Å²) in [6.45, 7) is 8.00. The second-order valence-corrected chi connectivity index (χ2v) is 2.10. The highest BCUT2D eigenvalue weighted by Gasteiger charge is 1.88. The fraction of sp³-hybridized carbons (Fsp3) is 0.455. The van der Waals surface area contributed by atoms with Crippen LogP contribution < -0.4 is 4.74 Å². The van der Waals surface area contributed by atoms with Crippen LogP contribution in [-0.2, 0) is 0 Å². The van der Waals surface area contributed by atoms with Crippen molar-refractivity contribution in [1.29, 1.82) is 0 Å². The average molecular weight is 203 g/mol. The van der Waals surface area contributed by atoms with E-state index in [0.717, 1.165) is 5.75 Å². The van der Waals surface area contributed by atoms with E-state index in [4.69, 9.17) is 16.3 Å². The van der Waals surface area contributed by atoms with Crippen LogP contribution in [0, 0.1) is 0 Å². The molecule has 76 valence electrons.